The first-order valence-electron chi connectivity index (χ1n) is 4.71. The van der Waals surface area contributed by atoms with Crippen LogP contribution in [-0.2, 0) is 4.74 Å². The van der Waals surface area contributed by atoms with Crippen molar-refractivity contribution in [3.63, 3.8) is 0 Å². The molecule has 1 aliphatic heterocycles. The van der Waals surface area contributed by atoms with Gasteiger partial charge in [0.05, 0.1) is 10.2 Å². The van der Waals surface area contributed by atoms with Crippen LogP contribution in [-0.4, -0.2) is 35.1 Å². The Hall–Kier alpha value is -0.0800. The number of halogens is 1. The van der Waals surface area contributed by atoms with Gasteiger partial charge in [-0.15, -0.1) is 0 Å². The summed E-state index contributed by atoms with van der Waals surface area (Å²) in [7, 11) is 1.87. The Bertz CT molecular complexity index is 344. The number of thioether (sulfide) groups is 1. The van der Waals surface area contributed by atoms with Gasteiger partial charge < -0.3 is 10.1 Å². The van der Waals surface area contributed by atoms with E-state index in [0.717, 1.165) is 33.3 Å². The number of hydrogen-bond donors (Lipinski definition) is 1. The molecule has 0 aromatic carbocycles. The maximum atomic E-state index is 5.63. The van der Waals surface area contributed by atoms with Crippen molar-refractivity contribution in [3.05, 3.63) is 15.6 Å². The first kappa shape index (κ1) is 11.4. The molecule has 0 spiro atoms. The van der Waals surface area contributed by atoms with E-state index in [2.05, 4.69) is 37.9 Å². The van der Waals surface area contributed by atoms with Crippen LogP contribution >= 0.6 is 34.4 Å². The zero-order valence-electron chi connectivity index (χ0n) is 8.36. The fourth-order valence-corrected chi connectivity index (χ4v) is 2.72. The molecule has 0 amide bonds. The van der Waals surface area contributed by atoms with E-state index in [9.17, 15) is 0 Å². The monoisotopic (exact) mass is 337 g/mol. The minimum atomic E-state index is 0.0489. The molecule has 82 valence electrons. The van der Waals surface area contributed by atoms with Gasteiger partial charge in [0.15, 0.2) is 5.82 Å². The smallest absolute Gasteiger partial charge is 0.160 e. The second-order valence-corrected chi connectivity index (χ2v) is 5.42. The first-order valence-corrected chi connectivity index (χ1v) is 6.94. The van der Waals surface area contributed by atoms with E-state index < -0.39 is 0 Å². The van der Waals surface area contributed by atoms with Gasteiger partial charge in [0.1, 0.15) is 11.9 Å². The predicted molar refractivity (Wildman–Crippen MR) is 70.3 cm³/mol. The number of nitrogens with zero attached hydrogens (tertiary/aromatic N) is 2. The molecule has 1 fully saturated rings. The maximum absolute atomic E-state index is 5.63. The number of hydrogen-bond acceptors (Lipinski definition) is 5. The van der Waals surface area contributed by atoms with Gasteiger partial charge in [-0.2, -0.15) is 11.8 Å². The Balaban J connectivity index is 2.20. The highest BCUT2D eigenvalue weighted by molar-refractivity contribution is 14.1. The molecule has 4 nitrogen and oxygen atoms in total. The lowest BCUT2D eigenvalue weighted by molar-refractivity contribution is 0.0695. The second-order valence-electron chi connectivity index (χ2n) is 3.11. The normalized spacial score (nSPS) is 21.3. The zero-order valence-corrected chi connectivity index (χ0v) is 11.3. The molecular formula is C9H12IN3OS. The average Bonchev–Trinajstić information content (AvgIpc) is 2.31. The summed E-state index contributed by atoms with van der Waals surface area (Å²) in [6, 6.07) is 0. The fourth-order valence-electron chi connectivity index (χ4n) is 1.35. The fraction of sp³-hybridized carbons (Fsp3) is 0.556. The van der Waals surface area contributed by atoms with Gasteiger partial charge in [-0.05, 0) is 22.6 Å². The van der Waals surface area contributed by atoms with E-state index in [1.165, 1.54) is 0 Å². The Kier molecular flexibility index (Phi) is 4.04. The molecule has 6 heteroatoms. The van der Waals surface area contributed by atoms with Gasteiger partial charge in [0.25, 0.3) is 0 Å². The number of ether oxygens (including phenoxy) is 1. The number of anilines is 1. The third-order valence-electron chi connectivity index (χ3n) is 2.10. The molecule has 0 aliphatic carbocycles. The van der Waals surface area contributed by atoms with Crippen molar-refractivity contribution >= 4 is 40.2 Å². The largest absolute Gasteiger partial charge is 0.372 e. The number of nitrogens with one attached hydrogen (secondary N) is 1. The van der Waals surface area contributed by atoms with Gasteiger partial charge in [-0.25, -0.2) is 9.97 Å². The molecule has 0 bridgehead atoms. The van der Waals surface area contributed by atoms with Crippen LogP contribution in [0.2, 0.25) is 0 Å². The van der Waals surface area contributed by atoms with Gasteiger partial charge in [-0.3, -0.25) is 0 Å². The van der Waals surface area contributed by atoms with Crippen molar-refractivity contribution < 1.29 is 4.74 Å². The third-order valence-corrected chi connectivity index (χ3v) is 3.89. The van der Waals surface area contributed by atoms with Crippen LogP contribution in [0.4, 0.5) is 5.82 Å². The topological polar surface area (TPSA) is 47.0 Å². The zero-order chi connectivity index (χ0) is 10.7. The summed E-state index contributed by atoms with van der Waals surface area (Å²) in [6.07, 6.45) is 1.88. The number of rotatable bonds is 2. The molecule has 15 heavy (non-hydrogen) atoms. The molecule has 1 aromatic heterocycles. The molecular weight excluding hydrogens is 325 g/mol. The summed E-state index contributed by atoms with van der Waals surface area (Å²) >= 11 is 4.10. The third kappa shape index (κ3) is 2.73. The second kappa shape index (κ2) is 5.31. The van der Waals surface area contributed by atoms with Crippen molar-refractivity contribution in [2.45, 2.75) is 6.10 Å². The van der Waals surface area contributed by atoms with Crippen molar-refractivity contribution in [1.29, 1.82) is 0 Å². The molecule has 1 saturated heterocycles. The average molecular weight is 337 g/mol. The molecule has 2 rings (SSSR count). The predicted octanol–water partition coefficient (Wildman–Crippen LogP) is 1.93. The SMILES string of the molecule is CNc1nc(C2CSCCO2)ncc1I. The first-order chi connectivity index (χ1) is 7.31. The van der Waals surface area contributed by atoms with Crippen LogP contribution in [0.15, 0.2) is 6.20 Å². The van der Waals surface area contributed by atoms with E-state index >= 15 is 0 Å². The summed E-state index contributed by atoms with van der Waals surface area (Å²) in [5.41, 5.74) is 0. The lowest BCUT2D eigenvalue weighted by atomic mass is 10.3. The molecule has 0 saturated carbocycles. The van der Waals surface area contributed by atoms with E-state index in [4.69, 9.17) is 4.74 Å². The summed E-state index contributed by atoms with van der Waals surface area (Å²) in [5, 5.41) is 3.05. The Labute approximate surface area is 107 Å². The van der Waals surface area contributed by atoms with Gasteiger partial charge in [0.2, 0.25) is 0 Å². The molecule has 2 heterocycles. The van der Waals surface area contributed by atoms with Crippen LogP contribution in [0, 0.1) is 3.57 Å². The van der Waals surface area contributed by atoms with Crippen molar-refractivity contribution in [1.82, 2.24) is 9.97 Å². The molecule has 1 atom stereocenters. The van der Waals surface area contributed by atoms with Crippen LogP contribution < -0.4 is 5.32 Å². The van der Waals surface area contributed by atoms with Crippen LogP contribution in [0.5, 0.6) is 0 Å². The van der Waals surface area contributed by atoms with Gasteiger partial charge >= 0.3 is 0 Å². The quantitative estimate of drug-likeness (QED) is 0.836. The van der Waals surface area contributed by atoms with Crippen LogP contribution in [0.25, 0.3) is 0 Å². The van der Waals surface area contributed by atoms with E-state index in [1.54, 1.807) is 0 Å². The molecule has 1 aliphatic rings. The van der Waals surface area contributed by atoms with Crippen molar-refractivity contribution in [2.75, 3.05) is 30.5 Å². The lowest BCUT2D eigenvalue weighted by Crippen LogP contribution is -2.18. The highest BCUT2D eigenvalue weighted by Gasteiger charge is 2.19. The van der Waals surface area contributed by atoms with Crippen LogP contribution in [0.3, 0.4) is 0 Å². The van der Waals surface area contributed by atoms with Gasteiger partial charge in [0, 0.05) is 24.8 Å². The number of aromatic nitrogens is 2. The standard InChI is InChI=1S/C9H12IN3OS/c1-11-8-6(10)4-12-9(13-8)7-5-15-3-2-14-7/h4,7H,2-3,5H2,1H3,(H,11,12,13). The summed E-state index contributed by atoms with van der Waals surface area (Å²) < 4.78 is 6.66. The van der Waals surface area contributed by atoms with Crippen LogP contribution in [0.1, 0.15) is 11.9 Å². The Morgan fingerprint density at radius 1 is 1.67 bits per heavy atom. The summed E-state index contributed by atoms with van der Waals surface area (Å²) in [5.74, 6) is 3.68. The minimum absolute atomic E-state index is 0.0489. The minimum Gasteiger partial charge on any atom is -0.372 e. The maximum Gasteiger partial charge on any atom is 0.160 e. The Morgan fingerprint density at radius 3 is 3.20 bits per heavy atom. The van der Waals surface area contributed by atoms with Crippen molar-refractivity contribution in [2.24, 2.45) is 0 Å². The Morgan fingerprint density at radius 2 is 2.53 bits per heavy atom. The highest BCUT2D eigenvalue weighted by atomic mass is 127. The molecule has 1 unspecified atom stereocenters. The summed E-state index contributed by atoms with van der Waals surface area (Å²) in [6.45, 7) is 0.791. The van der Waals surface area contributed by atoms with E-state index in [1.807, 2.05) is 25.0 Å². The molecule has 1 aromatic rings. The van der Waals surface area contributed by atoms with E-state index in [0.29, 0.717) is 0 Å². The summed E-state index contributed by atoms with van der Waals surface area (Å²) in [4.78, 5) is 8.76. The van der Waals surface area contributed by atoms with E-state index in [-0.39, 0.29) is 6.10 Å². The van der Waals surface area contributed by atoms with Crippen molar-refractivity contribution in [3.8, 4) is 0 Å². The molecule has 1 N–H and O–H groups in total. The lowest BCUT2D eigenvalue weighted by Gasteiger charge is -2.21. The van der Waals surface area contributed by atoms with Gasteiger partial charge in [-0.1, -0.05) is 0 Å². The highest BCUT2D eigenvalue weighted by Crippen LogP contribution is 2.25. The molecule has 0 radical (unpaired) electrons.